The van der Waals surface area contributed by atoms with E-state index in [1.807, 2.05) is 0 Å². The second-order valence-corrected chi connectivity index (χ2v) is 29.0. The van der Waals surface area contributed by atoms with E-state index in [0.717, 1.165) is 117 Å². The molecule has 3 aromatic heterocycles. The molecule has 0 saturated carbocycles. The highest BCUT2D eigenvalue weighted by Crippen LogP contribution is 2.65. The van der Waals surface area contributed by atoms with Crippen LogP contribution in [-0.2, 0) is 10.8 Å². The van der Waals surface area contributed by atoms with Gasteiger partial charge in [0.2, 0.25) is 0 Å². The molecule has 2 spiro atoms. The Morgan fingerprint density at radius 3 is 0.852 bits per heavy atom. The normalized spacial score (nSPS) is 13.1. The van der Waals surface area contributed by atoms with Crippen LogP contribution in [0.1, 0.15) is 44.5 Å². The number of hydrogen-bond acceptors (Lipinski definition) is 4. The molecule has 108 heavy (non-hydrogen) atoms. The Balaban J connectivity index is 0.791. The molecule has 0 radical (unpaired) electrons. The van der Waals surface area contributed by atoms with Crippen LogP contribution in [0.25, 0.3) is 168 Å². The first-order valence-electron chi connectivity index (χ1n) is 37.2. The monoisotopic (exact) mass is 1370 g/mol. The summed E-state index contributed by atoms with van der Waals surface area (Å²) in [6.45, 7) is 0. The molecule has 0 bridgehead atoms. The molecular formula is C104H64N4. The van der Waals surface area contributed by atoms with Gasteiger partial charge in [-0.3, -0.25) is 0 Å². The fraction of sp³-hybridized carbons (Fsp3) is 0.0192. The number of hydrogen-bond donors (Lipinski definition) is 0. The third kappa shape index (κ3) is 9.30. The first kappa shape index (κ1) is 61.4. The summed E-state index contributed by atoms with van der Waals surface area (Å²) in [7, 11) is 0. The summed E-state index contributed by atoms with van der Waals surface area (Å²) in [6.07, 6.45) is 0. The zero-order valence-electron chi connectivity index (χ0n) is 58.7. The first-order valence-corrected chi connectivity index (χ1v) is 37.2. The van der Waals surface area contributed by atoms with E-state index in [2.05, 4.69) is 388 Å². The van der Waals surface area contributed by atoms with Crippen molar-refractivity contribution in [2.45, 2.75) is 10.8 Å². The fourth-order valence-corrected chi connectivity index (χ4v) is 18.6. The molecule has 4 nitrogen and oxygen atoms in total. The van der Waals surface area contributed by atoms with Crippen molar-refractivity contribution >= 4 is 10.9 Å². The van der Waals surface area contributed by atoms with Crippen molar-refractivity contribution in [3.8, 4) is 157 Å². The molecule has 18 aromatic rings. The number of rotatable bonds is 10. The maximum Gasteiger partial charge on any atom is 0.160 e. The van der Waals surface area contributed by atoms with E-state index >= 15 is 0 Å². The van der Waals surface area contributed by atoms with Crippen LogP contribution < -0.4 is 0 Å². The Morgan fingerprint density at radius 1 is 0.157 bits per heavy atom. The molecule has 4 aliphatic rings. The summed E-state index contributed by atoms with van der Waals surface area (Å²) in [5, 5.41) is 0.940. The maximum atomic E-state index is 5.95. The standard InChI is InChI=1S/C104H64N4/c1-5-25-65(26-6-1)76-61-96(67-27-7-2-8-28-67)106-99(62-76)70-47-49-71(50-48-70)100-87-58-75(73-53-55-84-82-37-17-23-43-92(82)103(94(84)59-73)88-39-19-13-33-78(88)79-34-14-20-40-89(79)103)57-86(74-54-56-85-83-38-18-24-44-93(83)104(95(85)60-74)90-41-21-15-35-80(90)81-36-16-22-42-91(81)104)101(87)108-102(107-100)72-51-45-66(46-52-72)77-63-97(68-29-9-3-10-30-68)105-98(64-77)69-31-11-4-12-32-69/h1-64H. The summed E-state index contributed by atoms with van der Waals surface area (Å²) in [6, 6.07) is 143. The van der Waals surface area contributed by atoms with E-state index in [1.54, 1.807) is 0 Å². The van der Waals surface area contributed by atoms with Gasteiger partial charge in [-0.25, -0.2) is 19.9 Å². The van der Waals surface area contributed by atoms with Crippen LogP contribution in [0.4, 0.5) is 0 Å². The molecule has 0 fully saturated rings. The third-order valence-electron chi connectivity index (χ3n) is 23.3. The molecule has 0 N–H and O–H groups in total. The van der Waals surface area contributed by atoms with E-state index < -0.39 is 10.8 Å². The minimum Gasteiger partial charge on any atom is -0.248 e. The molecule has 0 atom stereocenters. The van der Waals surface area contributed by atoms with Gasteiger partial charge in [0.15, 0.2) is 5.82 Å². The van der Waals surface area contributed by atoms with Crippen molar-refractivity contribution < 1.29 is 0 Å². The quantitative estimate of drug-likeness (QED) is 0.137. The third-order valence-corrected chi connectivity index (χ3v) is 23.3. The molecule has 0 unspecified atom stereocenters. The second-order valence-electron chi connectivity index (χ2n) is 29.0. The van der Waals surface area contributed by atoms with Gasteiger partial charge in [0.1, 0.15) is 0 Å². The van der Waals surface area contributed by atoms with Gasteiger partial charge in [0.05, 0.1) is 44.8 Å². The highest BCUT2D eigenvalue weighted by atomic mass is 14.9. The Labute approximate surface area is 627 Å². The van der Waals surface area contributed by atoms with Crippen LogP contribution in [0.15, 0.2) is 388 Å². The number of fused-ring (bicyclic) bond motifs is 21. The number of benzene rings is 15. The highest BCUT2D eigenvalue weighted by Gasteiger charge is 2.53. The summed E-state index contributed by atoms with van der Waals surface area (Å²) in [4.78, 5) is 22.5. The lowest BCUT2D eigenvalue weighted by molar-refractivity contribution is 0.794. The smallest absolute Gasteiger partial charge is 0.160 e. The van der Waals surface area contributed by atoms with Gasteiger partial charge in [-0.1, -0.05) is 340 Å². The molecular weight excluding hydrogens is 1310 g/mol. The summed E-state index contributed by atoms with van der Waals surface area (Å²) >= 11 is 0. The Hall–Kier alpha value is -14.1. The average Bonchev–Trinajstić information content (AvgIpc) is 1.51. The molecule has 22 rings (SSSR count). The van der Waals surface area contributed by atoms with Crippen molar-refractivity contribution in [2.75, 3.05) is 0 Å². The Bertz CT molecular complexity index is 6460. The van der Waals surface area contributed by atoms with Gasteiger partial charge >= 0.3 is 0 Å². The SMILES string of the molecule is c1ccc(-c2cc(-c3ccccc3)nc(-c3ccc(-c4nc(-c5ccc(-c6cc(-c7ccccc7)nc(-c7ccccc7)c6)cc5)nc5c(-c6ccc7c(c6)C6(c8ccccc8-c8ccccc86)c6ccccc6-7)cc(-c6ccc7c(c6)C6(c8ccccc8-c8ccccc86)c6ccccc6-7)cc45)cc3)c2)cc1. The predicted molar refractivity (Wildman–Crippen MR) is 442 cm³/mol. The Morgan fingerprint density at radius 2 is 0.444 bits per heavy atom. The van der Waals surface area contributed by atoms with Crippen LogP contribution in [0, 0.1) is 0 Å². The lowest BCUT2D eigenvalue weighted by Crippen LogP contribution is -2.25. The van der Waals surface area contributed by atoms with Crippen molar-refractivity contribution in [1.82, 2.24) is 19.9 Å². The minimum atomic E-state index is -0.579. The van der Waals surface area contributed by atoms with Crippen LogP contribution in [0.5, 0.6) is 0 Å². The molecule has 500 valence electrons. The minimum absolute atomic E-state index is 0.546. The molecule has 4 aliphatic carbocycles. The van der Waals surface area contributed by atoms with Gasteiger partial charge < -0.3 is 0 Å². The van der Waals surface area contributed by atoms with Crippen molar-refractivity contribution in [3.63, 3.8) is 0 Å². The Kier molecular flexibility index (Phi) is 13.8. The van der Waals surface area contributed by atoms with Crippen LogP contribution in [0.3, 0.4) is 0 Å². The van der Waals surface area contributed by atoms with Gasteiger partial charge in [-0.15, -0.1) is 0 Å². The second kappa shape index (κ2) is 24.3. The highest BCUT2D eigenvalue weighted by molar-refractivity contribution is 6.07. The zero-order chi connectivity index (χ0) is 71.0. The largest absolute Gasteiger partial charge is 0.248 e. The topological polar surface area (TPSA) is 51.6 Å². The maximum absolute atomic E-state index is 5.95. The summed E-state index contributed by atoms with van der Waals surface area (Å²) in [5.41, 5.74) is 39.3. The van der Waals surface area contributed by atoms with E-state index in [0.29, 0.717) is 5.82 Å². The van der Waals surface area contributed by atoms with E-state index in [4.69, 9.17) is 19.9 Å². The van der Waals surface area contributed by atoms with Gasteiger partial charge in [-0.05, 0) is 176 Å². The fourth-order valence-electron chi connectivity index (χ4n) is 18.6. The van der Waals surface area contributed by atoms with Crippen LogP contribution in [-0.4, -0.2) is 19.9 Å². The first-order chi connectivity index (χ1) is 53.5. The molecule has 4 heteroatoms. The van der Waals surface area contributed by atoms with E-state index in [9.17, 15) is 0 Å². The van der Waals surface area contributed by atoms with Gasteiger partial charge in [-0.2, -0.15) is 0 Å². The van der Waals surface area contributed by atoms with Crippen molar-refractivity contribution in [1.29, 1.82) is 0 Å². The molecule has 0 aliphatic heterocycles. The van der Waals surface area contributed by atoms with Gasteiger partial charge in [0.25, 0.3) is 0 Å². The van der Waals surface area contributed by atoms with E-state index in [1.165, 1.54) is 89.0 Å². The molecule has 15 aromatic carbocycles. The van der Waals surface area contributed by atoms with Crippen LogP contribution >= 0.6 is 0 Å². The van der Waals surface area contributed by atoms with Gasteiger partial charge in [0, 0.05) is 44.3 Å². The van der Waals surface area contributed by atoms with Crippen LogP contribution in [0.2, 0.25) is 0 Å². The zero-order valence-corrected chi connectivity index (χ0v) is 58.7. The summed E-state index contributed by atoms with van der Waals surface area (Å²) < 4.78 is 0. The molecule has 0 amide bonds. The number of nitrogens with zero attached hydrogens (tertiary/aromatic N) is 4. The lowest BCUT2D eigenvalue weighted by Gasteiger charge is -2.31. The van der Waals surface area contributed by atoms with Crippen molar-refractivity contribution in [3.05, 3.63) is 433 Å². The predicted octanol–water partition coefficient (Wildman–Crippen LogP) is 25.8. The van der Waals surface area contributed by atoms with Crippen molar-refractivity contribution in [2.24, 2.45) is 0 Å². The summed E-state index contributed by atoms with van der Waals surface area (Å²) in [5.74, 6) is 0.621. The molecule has 3 heterocycles. The average molecular weight is 1370 g/mol. The lowest BCUT2D eigenvalue weighted by atomic mass is 9.70. The number of aromatic nitrogens is 4. The van der Waals surface area contributed by atoms with E-state index in [-0.39, 0.29) is 0 Å². The number of pyridine rings is 2. The molecule has 0 saturated heterocycles.